The Hall–Kier alpha value is -2.94. The van der Waals surface area contributed by atoms with E-state index in [0.717, 1.165) is 11.1 Å². The molecule has 0 amide bonds. The van der Waals surface area contributed by atoms with Gasteiger partial charge in [0, 0.05) is 20.0 Å². The van der Waals surface area contributed by atoms with Crippen LogP contribution in [-0.2, 0) is 13.6 Å². The van der Waals surface area contributed by atoms with Gasteiger partial charge in [0.1, 0.15) is 0 Å². The first kappa shape index (κ1) is 16.5. The number of benzene rings is 2. The van der Waals surface area contributed by atoms with Crippen LogP contribution < -0.4 is 5.69 Å². The third-order valence-corrected chi connectivity index (χ3v) is 5.38. The van der Waals surface area contributed by atoms with E-state index in [4.69, 9.17) is 0 Å². The van der Waals surface area contributed by atoms with Crippen LogP contribution in [-0.4, -0.2) is 15.1 Å². The number of hydrogen-bond acceptors (Lipinski definition) is 2. The largest absolute Gasteiger partial charge is 0.328 e. The molecule has 1 heterocycles. The van der Waals surface area contributed by atoms with Crippen molar-refractivity contribution in [1.29, 1.82) is 5.26 Å². The van der Waals surface area contributed by atoms with E-state index in [-0.39, 0.29) is 18.7 Å². The monoisotopic (exact) mass is 353 g/mol. The van der Waals surface area contributed by atoms with Crippen molar-refractivity contribution in [3.8, 4) is 17.2 Å². The topological polar surface area (TPSA) is 50.7 Å². The van der Waals surface area contributed by atoms with E-state index in [1.807, 2.05) is 24.3 Å². The average molecular weight is 353 g/mol. The van der Waals surface area contributed by atoms with Gasteiger partial charge in [-0.15, -0.1) is 0 Å². The van der Waals surface area contributed by atoms with Crippen molar-refractivity contribution in [3.05, 3.63) is 58.5 Å². The maximum absolute atomic E-state index is 13.6. The highest BCUT2D eigenvalue weighted by molar-refractivity contribution is 5.84. The number of aromatic nitrogens is 2. The Morgan fingerprint density at radius 2 is 1.88 bits per heavy atom. The molecule has 0 saturated heterocycles. The maximum atomic E-state index is 13.6. The SMILES string of the molecule is Cn1c(=O)n(CC2(C)CC2(F)F)c2ccc(-c3ccccc3C#N)cc21. The predicted octanol–water partition coefficient (Wildman–Crippen LogP) is 3.92. The zero-order valence-corrected chi connectivity index (χ0v) is 14.5. The van der Waals surface area contributed by atoms with Crippen molar-refractivity contribution in [2.75, 3.05) is 0 Å². The number of aryl methyl sites for hydroxylation is 1. The first-order chi connectivity index (χ1) is 12.3. The Morgan fingerprint density at radius 3 is 2.54 bits per heavy atom. The van der Waals surface area contributed by atoms with Crippen LogP contribution in [0.1, 0.15) is 18.9 Å². The lowest BCUT2D eigenvalue weighted by Gasteiger charge is -2.11. The number of alkyl halides is 2. The maximum Gasteiger partial charge on any atom is 0.328 e. The molecule has 4 rings (SSSR count). The first-order valence-corrected chi connectivity index (χ1v) is 8.34. The number of fused-ring (bicyclic) bond motifs is 1. The molecule has 26 heavy (non-hydrogen) atoms. The zero-order valence-electron chi connectivity index (χ0n) is 14.5. The molecule has 6 heteroatoms. The average Bonchev–Trinajstić information content (AvgIpc) is 3.05. The van der Waals surface area contributed by atoms with Gasteiger partial charge in [-0.25, -0.2) is 13.6 Å². The summed E-state index contributed by atoms with van der Waals surface area (Å²) in [7, 11) is 1.63. The zero-order chi connectivity index (χ0) is 18.7. The first-order valence-electron chi connectivity index (χ1n) is 8.34. The molecular weight excluding hydrogens is 336 g/mol. The fourth-order valence-electron chi connectivity index (χ4n) is 3.53. The fourth-order valence-corrected chi connectivity index (χ4v) is 3.53. The van der Waals surface area contributed by atoms with E-state index in [1.54, 1.807) is 25.2 Å². The molecule has 4 nitrogen and oxygen atoms in total. The Bertz CT molecular complexity index is 1140. The van der Waals surface area contributed by atoms with Crippen LogP contribution in [0.3, 0.4) is 0 Å². The number of halogens is 2. The molecule has 0 spiro atoms. The molecule has 0 bridgehead atoms. The highest BCUT2D eigenvalue weighted by atomic mass is 19.3. The van der Waals surface area contributed by atoms with E-state index in [2.05, 4.69) is 6.07 Å². The van der Waals surface area contributed by atoms with Crippen molar-refractivity contribution < 1.29 is 8.78 Å². The van der Waals surface area contributed by atoms with Crippen LogP contribution in [0.4, 0.5) is 8.78 Å². The molecule has 1 aliphatic carbocycles. The molecule has 0 aliphatic heterocycles. The standard InChI is InChI=1S/C20H17F2N3O/c1-19(11-20(19,21)22)12-25-16-8-7-13(9-17(16)24(2)18(25)26)15-6-4-3-5-14(15)10-23/h3-9H,11-12H2,1-2H3. The van der Waals surface area contributed by atoms with Gasteiger partial charge in [-0.1, -0.05) is 31.2 Å². The summed E-state index contributed by atoms with van der Waals surface area (Å²) in [4.78, 5) is 12.6. The molecule has 0 N–H and O–H groups in total. The van der Waals surface area contributed by atoms with E-state index in [1.165, 1.54) is 16.1 Å². The summed E-state index contributed by atoms with van der Waals surface area (Å²) in [6.45, 7) is 1.50. The minimum absolute atomic E-state index is 0.00962. The van der Waals surface area contributed by atoms with E-state index in [9.17, 15) is 18.8 Å². The second kappa shape index (κ2) is 5.28. The van der Waals surface area contributed by atoms with Gasteiger partial charge in [0.15, 0.2) is 0 Å². The highest BCUT2D eigenvalue weighted by Gasteiger charge is 2.68. The van der Waals surface area contributed by atoms with Crippen molar-refractivity contribution in [3.63, 3.8) is 0 Å². The molecule has 3 aromatic rings. The van der Waals surface area contributed by atoms with Crippen LogP contribution in [0.15, 0.2) is 47.3 Å². The summed E-state index contributed by atoms with van der Waals surface area (Å²) in [6, 6.07) is 14.8. The molecule has 1 fully saturated rings. The summed E-state index contributed by atoms with van der Waals surface area (Å²) in [5.41, 5.74) is 1.93. The highest BCUT2D eigenvalue weighted by Crippen LogP contribution is 2.61. The van der Waals surface area contributed by atoms with Crippen molar-refractivity contribution in [2.24, 2.45) is 12.5 Å². The van der Waals surface area contributed by atoms with Crippen LogP contribution in [0, 0.1) is 16.7 Å². The van der Waals surface area contributed by atoms with Crippen molar-refractivity contribution in [1.82, 2.24) is 9.13 Å². The van der Waals surface area contributed by atoms with E-state index >= 15 is 0 Å². The lowest BCUT2D eigenvalue weighted by molar-refractivity contribution is 0.0637. The Balaban J connectivity index is 1.85. The Kier molecular flexibility index (Phi) is 3.35. The van der Waals surface area contributed by atoms with E-state index < -0.39 is 11.3 Å². The van der Waals surface area contributed by atoms with Gasteiger partial charge in [0.2, 0.25) is 0 Å². The quantitative estimate of drug-likeness (QED) is 0.716. The number of nitrogens with zero attached hydrogens (tertiary/aromatic N) is 3. The van der Waals surface area contributed by atoms with Crippen LogP contribution in [0.2, 0.25) is 0 Å². The Labute approximate surface area is 148 Å². The van der Waals surface area contributed by atoms with Crippen LogP contribution >= 0.6 is 0 Å². The second-order valence-electron chi connectivity index (χ2n) is 7.23. The normalized spacial score (nSPS) is 20.9. The van der Waals surface area contributed by atoms with Gasteiger partial charge in [0.25, 0.3) is 5.92 Å². The molecule has 1 saturated carbocycles. The smallest absolute Gasteiger partial charge is 0.295 e. The van der Waals surface area contributed by atoms with Crippen LogP contribution in [0.25, 0.3) is 22.2 Å². The molecule has 1 atom stereocenters. The molecule has 2 aromatic carbocycles. The van der Waals surface area contributed by atoms with Gasteiger partial charge in [-0.2, -0.15) is 5.26 Å². The minimum Gasteiger partial charge on any atom is -0.295 e. The number of rotatable bonds is 3. The van der Waals surface area contributed by atoms with Crippen molar-refractivity contribution >= 4 is 11.0 Å². The summed E-state index contributed by atoms with van der Waals surface area (Å²) in [5, 5.41) is 9.30. The van der Waals surface area contributed by atoms with Crippen molar-refractivity contribution in [2.45, 2.75) is 25.8 Å². The minimum atomic E-state index is -2.72. The molecular formula is C20H17F2N3O. The lowest BCUT2D eigenvalue weighted by Crippen LogP contribution is -2.27. The number of nitriles is 1. The molecule has 1 unspecified atom stereocenters. The molecule has 1 aromatic heterocycles. The fraction of sp³-hybridized carbons (Fsp3) is 0.300. The van der Waals surface area contributed by atoms with Crippen LogP contribution in [0.5, 0.6) is 0 Å². The number of hydrogen-bond donors (Lipinski definition) is 0. The Morgan fingerprint density at radius 1 is 1.19 bits per heavy atom. The van der Waals surface area contributed by atoms with E-state index in [0.29, 0.717) is 16.6 Å². The van der Waals surface area contributed by atoms with Gasteiger partial charge in [0.05, 0.1) is 28.1 Å². The van der Waals surface area contributed by atoms with Gasteiger partial charge in [-0.05, 0) is 29.3 Å². The third-order valence-electron chi connectivity index (χ3n) is 5.38. The summed E-state index contributed by atoms with van der Waals surface area (Å²) in [6.07, 6.45) is -0.198. The molecule has 132 valence electrons. The number of imidazole rings is 1. The summed E-state index contributed by atoms with van der Waals surface area (Å²) in [5.74, 6) is -2.72. The van der Waals surface area contributed by atoms with Gasteiger partial charge in [-0.3, -0.25) is 9.13 Å². The predicted molar refractivity (Wildman–Crippen MR) is 95.0 cm³/mol. The molecule has 0 radical (unpaired) electrons. The summed E-state index contributed by atoms with van der Waals surface area (Å²) < 4.78 is 30.1. The lowest BCUT2D eigenvalue weighted by atomic mass is 10.00. The molecule has 1 aliphatic rings. The second-order valence-corrected chi connectivity index (χ2v) is 7.23. The van der Waals surface area contributed by atoms with Gasteiger partial charge < -0.3 is 0 Å². The third kappa shape index (κ3) is 2.27. The summed E-state index contributed by atoms with van der Waals surface area (Å²) >= 11 is 0. The van der Waals surface area contributed by atoms with Gasteiger partial charge >= 0.3 is 5.69 Å².